The van der Waals surface area contributed by atoms with Crippen LogP contribution >= 0.6 is 0 Å². The van der Waals surface area contributed by atoms with Crippen LogP contribution in [-0.2, 0) is 13.1 Å². The lowest BCUT2D eigenvalue weighted by Gasteiger charge is -2.15. The van der Waals surface area contributed by atoms with E-state index in [1.54, 1.807) is 0 Å². The van der Waals surface area contributed by atoms with Crippen LogP contribution in [0.25, 0.3) is 0 Å². The van der Waals surface area contributed by atoms with Crippen molar-refractivity contribution in [3.05, 3.63) is 18.2 Å². The maximum absolute atomic E-state index is 4.27. The van der Waals surface area contributed by atoms with E-state index in [1.165, 1.54) is 31.4 Å². The second-order valence-corrected chi connectivity index (χ2v) is 4.88. The fraction of sp³-hybridized carbons (Fsp3) is 0.769. The molecule has 0 unspecified atom stereocenters. The summed E-state index contributed by atoms with van der Waals surface area (Å²) >= 11 is 0. The number of nitrogens with zero attached hydrogens (tertiary/aromatic N) is 2. The van der Waals surface area contributed by atoms with Gasteiger partial charge in [0, 0.05) is 25.3 Å². The second kappa shape index (κ2) is 5.48. The molecule has 0 aliphatic heterocycles. The van der Waals surface area contributed by atoms with E-state index in [2.05, 4.69) is 28.7 Å². The molecule has 1 aliphatic rings. The summed E-state index contributed by atoms with van der Waals surface area (Å²) < 4.78 is 2.31. The van der Waals surface area contributed by atoms with Gasteiger partial charge in [0.05, 0.1) is 12.0 Å². The number of nitrogens with one attached hydrogen (secondary N) is 1. The predicted octanol–water partition coefficient (Wildman–Crippen LogP) is 2.57. The molecular weight excluding hydrogens is 198 g/mol. The first-order chi connectivity index (χ1) is 7.83. The zero-order valence-electron chi connectivity index (χ0n) is 10.4. The molecule has 0 spiro atoms. The first kappa shape index (κ1) is 11.6. The molecular formula is C13H23N3. The average Bonchev–Trinajstić information content (AvgIpc) is 3.03. The fourth-order valence-corrected chi connectivity index (χ4v) is 2.02. The quantitative estimate of drug-likeness (QED) is 0.767. The summed E-state index contributed by atoms with van der Waals surface area (Å²) in [5, 5.41) is 3.55. The monoisotopic (exact) mass is 221 g/mol. The van der Waals surface area contributed by atoms with E-state index in [0.29, 0.717) is 0 Å². The molecule has 0 atom stereocenters. The Morgan fingerprint density at radius 1 is 1.44 bits per heavy atom. The third-order valence-electron chi connectivity index (χ3n) is 3.56. The van der Waals surface area contributed by atoms with Crippen LogP contribution in [0.15, 0.2) is 12.5 Å². The topological polar surface area (TPSA) is 29.9 Å². The van der Waals surface area contributed by atoms with Gasteiger partial charge in [0.1, 0.15) is 0 Å². The summed E-state index contributed by atoms with van der Waals surface area (Å²) in [5.41, 5.74) is 1.33. The minimum Gasteiger partial charge on any atom is -0.333 e. The van der Waals surface area contributed by atoms with Crippen molar-refractivity contribution in [1.82, 2.24) is 14.9 Å². The van der Waals surface area contributed by atoms with Crippen molar-refractivity contribution in [2.75, 3.05) is 0 Å². The lowest BCUT2D eigenvalue weighted by atomic mass is 10.0. The lowest BCUT2D eigenvalue weighted by Crippen LogP contribution is -2.19. The molecule has 2 rings (SSSR count). The van der Waals surface area contributed by atoms with Crippen LogP contribution in [0.1, 0.15) is 45.2 Å². The SMILES string of the molecule is CCC(CC)Cn1cncc1CNC1CC1. The molecule has 0 aromatic carbocycles. The van der Waals surface area contributed by atoms with Crippen LogP contribution in [0, 0.1) is 5.92 Å². The minimum atomic E-state index is 0.775. The molecule has 3 nitrogen and oxygen atoms in total. The van der Waals surface area contributed by atoms with Crippen molar-refractivity contribution in [2.24, 2.45) is 5.92 Å². The van der Waals surface area contributed by atoms with Crippen LogP contribution in [-0.4, -0.2) is 15.6 Å². The Bertz CT molecular complexity index is 311. The Kier molecular flexibility index (Phi) is 3.99. The van der Waals surface area contributed by atoms with Gasteiger partial charge in [-0.3, -0.25) is 0 Å². The van der Waals surface area contributed by atoms with Crippen molar-refractivity contribution in [3.63, 3.8) is 0 Å². The number of hydrogen-bond acceptors (Lipinski definition) is 2. The first-order valence-electron chi connectivity index (χ1n) is 6.55. The van der Waals surface area contributed by atoms with Crippen LogP contribution in [0.5, 0.6) is 0 Å². The van der Waals surface area contributed by atoms with Crippen LogP contribution in [0.2, 0.25) is 0 Å². The van der Waals surface area contributed by atoms with E-state index in [4.69, 9.17) is 0 Å². The van der Waals surface area contributed by atoms with Gasteiger partial charge in [-0.2, -0.15) is 0 Å². The summed E-state index contributed by atoms with van der Waals surface area (Å²) in [6, 6.07) is 0.775. The van der Waals surface area contributed by atoms with E-state index in [1.807, 2.05) is 12.5 Å². The van der Waals surface area contributed by atoms with Gasteiger partial charge in [0.15, 0.2) is 0 Å². The second-order valence-electron chi connectivity index (χ2n) is 4.88. The van der Waals surface area contributed by atoms with Gasteiger partial charge in [0.25, 0.3) is 0 Å². The summed E-state index contributed by atoms with van der Waals surface area (Å²) in [6.07, 6.45) is 9.18. The third-order valence-corrected chi connectivity index (χ3v) is 3.56. The predicted molar refractivity (Wildman–Crippen MR) is 66.2 cm³/mol. The number of aromatic nitrogens is 2. The molecule has 90 valence electrons. The van der Waals surface area contributed by atoms with E-state index in [-0.39, 0.29) is 0 Å². The highest BCUT2D eigenvalue weighted by atomic mass is 15.1. The van der Waals surface area contributed by atoms with Gasteiger partial charge in [-0.25, -0.2) is 4.98 Å². The molecule has 0 saturated heterocycles. The highest BCUT2D eigenvalue weighted by molar-refractivity contribution is 4.99. The molecule has 1 N–H and O–H groups in total. The Labute approximate surface area is 98.3 Å². The normalized spacial score (nSPS) is 15.9. The molecule has 3 heteroatoms. The zero-order valence-corrected chi connectivity index (χ0v) is 10.4. The van der Waals surface area contributed by atoms with Gasteiger partial charge in [0.2, 0.25) is 0 Å². The van der Waals surface area contributed by atoms with Gasteiger partial charge >= 0.3 is 0 Å². The maximum atomic E-state index is 4.27. The van der Waals surface area contributed by atoms with Gasteiger partial charge < -0.3 is 9.88 Å². The van der Waals surface area contributed by atoms with Crippen molar-refractivity contribution in [1.29, 1.82) is 0 Å². The van der Waals surface area contributed by atoms with E-state index < -0.39 is 0 Å². The summed E-state index contributed by atoms with van der Waals surface area (Å²) in [5.74, 6) is 0.786. The molecule has 1 aromatic heterocycles. The highest BCUT2D eigenvalue weighted by Gasteiger charge is 2.20. The number of rotatable bonds is 7. The number of imidazole rings is 1. The van der Waals surface area contributed by atoms with Crippen molar-refractivity contribution >= 4 is 0 Å². The molecule has 1 saturated carbocycles. The molecule has 1 fully saturated rings. The molecule has 0 radical (unpaired) electrons. The van der Waals surface area contributed by atoms with Gasteiger partial charge in [-0.05, 0) is 18.8 Å². The summed E-state index contributed by atoms with van der Waals surface area (Å²) in [6.45, 7) is 6.64. The molecule has 1 aromatic rings. The molecule has 0 bridgehead atoms. The largest absolute Gasteiger partial charge is 0.333 e. The number of hydrogen-bond donors (Lipinski definition) is 1. The Hall–Kier alpha value is -0.830. The first-order valence-corrected chi connectivity index (χ1v) is 6.55. The molecule has 16 heavy (non-hydrogen) atoms. The van der Waals surface area contributed by atoms with E-state index in [0.717, 1.165) is 25.0 Å². The van der Waals surface area contributed by atoms with Crippen molar-refractivity contribution < 1.29 is 0 Å². The minimum absolute atomic E-state index is 0.775. The van der Waals surface area contributed by atoms with Crippen LogP contribution < -0.4 is 5.32 Å². The Morgan fingerprint density at radius 3 is 2.81 bits per heavy atom. The molecule has 1 aliphatic carbocycles. The standard InChI is InChI=1S/C13H23N3/c1-3-11(4-2)9-16-10-14-7-13(16)8-15-12-5-6-12/h7,10-12,15H,3-6,8-9H2,1-2H3. The summed E-state index contributed by atoms with van der Waals surface area (Å²) in [7, 11) is 0. The van der Waals surface area contributed by atoms with Gasteiger partial charge in [-0.1, -0.05) is 26.7 Å². The smallest absolute Gasteiger partial charge is 0.0948 e. The van der Waals surface area contributed by atoms with Crippen molar-refractivity contribution in [2.45, 2.75) is 58.7 Å². The van der Waals surface area contributed by atoms with E-state index >= 15 is 0 Å². The molecule has 0 amide bonds. The fourth-order valence-electron chi connectivity index (χ4n) is 2.02. The molecule has 1 heterocycles. The third kappa shape index (κ3) is 3.08. The highest BCUT2D eigenvalue weighted by Crippen LogP contribution is 2.19. The van der Waals surface area contributed by atoms with E-state index in [9.17, 15) is 0 Å². The van der Waals surface area contributed by atoms with Gasteiger partial charge in [-0.15, -0.1) is 0 Å². The maximum Gasteiger partial charge on any atom is 0.0948 e. The Balaban J connectivity index is 1.89. The van der Waals surface area contributed by atoms with Crippen LogP contribution in [0.4, 0.5) is 0 Å². The lowest BCUT2D eigenvalue weighted by molar-refractivity contribution is 0.409. The van der Waals surface area contributed by atoms with Crippen LogP contribution in [0.3, 0.4) is 0 Å². The summed E-state index contributed by atoms with van der Waals surface area (Å²) in [4.78, 5) is 4.27. The average molecular weight is 221 g/mol. The Morgan fingerprint density at radius 2 is 2.19 bits per heavy atom. The zero-order chi connectivity index (χ0) is 11.4. The van der Waals surface area contributed by atoms with Crippen molar-refractivity contribution in [3.8, 4) is 0 Å².